The van der Waals surface area contributed by atoms with Crippen LogP contribution < -0.4 is 5.32 Å². The fraction of sp³-hybridized carbons (Fsp3) is 0.600. The van der Waals surface area contributed by atoms with E-state index < -0.39 is 11.5 Å². The quantitative estimate of drug-likeness (QED) is 0.897. The van der Waals surface area contributed by atoms with Gasteiger partial charge in [0.15, 0.2) is 0 Å². The predicted molar refractivity (Wildman–Crippen MR) is 79.2 cm³/mol. The highest BCUT2D eigenvalue weighted by Crippen LogP contribution is 2.32. The summed E-state index contributed by atoms with van der Waals surface area (Å²) in [4.78, 5) is 25.6. The lowest BCUT2D eigenvalue weighted by atomic mass is 9.77. The van der Waals surface area contributed by atoms with E-state index in [0.29, 0.717) is 23.6 Å². The number of aryl methyl sites for hydroxylation is 1. The highest BCUT2D eigenvalue weighted by Gasteiger charge is 2.42. The van der Waals surface area contributed by atoms with E-state index in [1.54, 1.807) is 6.07 Å². The van der Waals surface area contributed by atoms with Crippen LogP contribution in [-0.4, -0.2) is 22.5 Å². The molecule has 1 aliphatic rings. The first-order valence-corrected chi connectivity index (χ1v) is 7.93. The van der Waals surface area contributed by atoms with Crippen molar-refractivity contribution >= 4 is 23.2 Å². The average molecular weight is 295 g/mol. The van der Waals surface area contributed by atoms with E-state index >= 15 is 0 Å². The summed E-state index contributed by atoms with van der Waals surface area (Å²) in [5, 5.41) is 12.3. The van der Waals surface area contributed by atoms with Gasteiger partial charge in [-0.3, -0.25) is 4.79 Å². The second-order valence-corrected chi connectivity index (χ2v) is 6.81. The van der Waals surface area contributed by atoms with Gasteiger partial charge < -0.3 is 10.4 Å². The molecule has 0 aliphatic heterocycles. The Morgan fingerprint density at radius 1 is 1.40 bits per heavy atom. The van der Waals surface area contributed by atoms with Crippen LogP contribution in [0.15, 0.2) is 12.1 Å². The van der Waals surface area contributed by atoms with Gasteiger partial charge in [-0.2, -0.15) is 0 Å². The van der Waals surface area contributed by atoms with Gasteiger partial charge in [0, 0.05) is 4.88 Å². The van der Waals surface area contributed by atoms with Crippen LogP contribution >= 0.6 is 11.3 Å². The first-order chi connectivity index (χ1) is 9.47. The van der Waals surface area contributed by atoms with E-state index in [1.807, 2.05) is 13.0 Å². The number of rotatable bonds is 4. The van der Waals surface area contributed by atoms with E-state index in [2.05, 4.69) is 12.2 Å². The molecule has 0 bridgehead atoms. The molecule has 5 heteroatoms. The number of hydrogen-bond acceptors (Lipinski definition) is 3. The molecule has 0 unspecified atom stereocenters. The molecule has 0 saturated heterocycles. The summed E-state index contributed by atoms with van der Waals surface area (Å²) in [6.07, 6.45) is 3.61. The molecule has 1 fully saturated rings. The minimum atomic E-state index is -1.08. The van der Waals surface area contributed by atoms with Crippen molar-refractivity contribution in [1.82, 2.24) is 5.32 Å². The Bertz CT molecular complexity index is 501. The van der Waals surface area contributed by atoms with Crippen molar-refractivity contribution in [2.24, 2.45) is 5.92 Å². The summed E-state index contributed by atoms with van der Waals surface area (Å²) in [6.45, 7) is 4.16. The fourth-order valence-electron chi connectivity index (χ4n) is 2.62. The Balaban J connectivity index is 2.12. The monoisotopic (exact) mass is 295 g/mol. The molecular weight excluding hydrogens is 274 g/mol. The number of aliphatic carboxylic acids is 1. The molecule has 0 spiro atoms. The lowest BCUT2D eigenvalue weighted by Gasteiger charge is -2.36. The summed E-state index contributed by atoms with van der Waals surface area (Å²) in [5.74, 6) is -0.635. The van der Waals surface area contributed by atoms with Crippen LogP contribution in [0.2, 0.25) is 0 Å². The molecule has 1 amide bonds. The van der Waals surface area contributed by atoms with E-state index in [4.69, 9.17) is 0 Å². The van der Waals surface area contributed by atoms with Crippen LogP contribution in [0.25, 0.3) is 0 Å². The molecule has 1 aromatic rings. The molecule has 1 aromatic heterocycles. The molecule has 4 nitrogen and oxygen atoms in total. The molecule has 0 radical (unpaired) electrons. The van der Waals surface area contributed by atoms with Gasteiger partial charge in [0.2, 0.25) is 0 Å². The number of carboxylic acids is 1. The average Bonchev–Trinajstić information content (AvgIpc) is 2.90. The standard InChI is InChI=1S/C15H21NO3S/c1-3-11-4-5-12(20-11)13(17)16-15(14(18)19)8-6-10(2)7-9-15/h4-5,10H,3,6-9H2,1-2H3,(H,16,17)(H,18,19). The van der Waals surface area contributed by atoms with E-state index in [1.165, 1.54) is 11.3 Å². The fourth-order valence-corrected chi connectivity index (χ4v) is 3.46. The van der Waals surface area contributed by atoms with Crippen LogP contribution in [0.3, 0.4) is 0 Å². The molecule has 0 aromatic carbocycles. The number of carbonyl (C=O) groups is 2. The molecule has 1 aliphatic carbocycles. The lowest BCUT2D eigenvalue weighted by molar-refractivity contribution is -0.146. The number of carboxylic acid groups (broad SMARTS) is 1. The summed E-state index contributed by atoms with van der Waals surface area (Å²) in [7, 11) is 0. The van der Waals surface area contributed by atoms with E-state index in [0.717, 1.165) is 24.1 Å². The summed E-state index contributed by atoms with van der Waals surface area (Å²) >= 11 is 1.44. The van der Waals surface area contributed by atoms with Gasteiger partial charge in [0.05, 0.1) is 4.88 Å². The number of amides is 1. The molecule has 20 heavy (non-hydrogen) atoms. The Kier molecular flexibility index (Phi) is 4.48. The van der Waals surface area contributed by atoms with Crippen LogP contribution in [0.4, 0.5) is 0 Å². The van der Waals surface area contributed by atoms with Gasteiger partial charge in [0.1, 0.15) is 5.54 Å². The van der Waals surface area contributed by atoms with Gasteiger partial charge >= 0.3 is 5.97 Å². The normalized spacial score (nSPS) is 26.2. The Morgan fingerprint density at radius 3 is 2.55 bits per heavy atom. The SMILES string of the molecule is CCc1ccc(C(=O)NC2(C(=O)O)CCC(C)CC2)s1. The second-order valence-electron chi connectivity index (χ2n) is 5.64. The third-order valence-corrected chi connectivity index (χ3v) is 5.35. The Hall–Kier alpha value is -1.36. The largest absolute Gasteiger partial charge is 0.480 e. The highest BCUT2D eigenvalue weighted by molar-refractivity contribution is 7.14. The van der Waals surface area contributed by atoms with Crippen LogP contribution in [0, 0.1) is 5.92 Å². The van der Waals surface area contributed by atoms with Gasteiger partial charge in [-0.05, 0) is 50.2 Å². The molecule has 110 valence electrons. The Labute approximate surface area is 123 Å². The molecule has 2 rings (SSSR count). The van der Waals surface area contributed by atoms with Gasteiger partial charge in [-0.25, -0.2) is 4.79 Å². The van der Waals surface area contributed by atoms with Crippen LogP contribution in [-0.2, 0) is 11.2 Å². The van der Waals surface area contributed by atoms with Crippen molar-refractivity contribution in [3.05, 3.63) is 21.9 Å². The second kappa shape index (κ2) is 5.95. The maximum atomic E-state index is 12.3. The number of hydrogen-bond donors (Lipinski definition) is 2. The summed E-state index contributed by atoms with van der Waals surface area (Å²) in [6, 6.07) is 3.70. The molecule has 0 atom stereocenters. The van der Waals surface area contributed by atoms with Crippen LogP contribution in [0.5, 0.6) is 0 Å². The zero-order valence-corrected chi connectivity index (χ0v) is 12.8. The van der Waals surface area contributed by atoms with Crippen molar-refractivity contribution in [1.29, 1.82) is 0 Å². The molecule has 1 heterocycles. The number of carbonyl (C=O) groups excluding carboxylic acids is 1. The maximum Gasteiger partial charge on any atom is 0.329 e. The van der Waals surface area contributed by atoms with Gasteiger partial charge in [0.25, 0.3) is 5.91 Å². The third-order valence-electron chi connectivity index (χ3n) is 4.12. The van der Waals surface area contributed by atoms with E-state index in [9.17, 15) is 14.7 Å². The van der Waals surface area contributed by atoms with Crippen molar-refractivity contribution in [2.75, 3.05) is 0 Å². The minimum Gasteiger partial charge on any atom is -0.480 e. The molecule has 1 saturated carbocycles. The maximum absolute atomic E-state index is 12.3. The zero-order valence-electron chi connectivity index (χ0n) is 11.9. The molecule has 2 N–H and O–H groups in total. The highest BCUT2D eigenvalue weighted by atomic mass is 32.1. The molecular formula is C15H21NO3S. The van der Waals surface area contributed by atoms with Crippen molar-refractivity contribution in [2.45, 2.75) is 51.5 Å². The minimum absolute atomic E-state index is 0.258. The Morgan fingerprint density at radius 2 is 2.05 bits per heavy atom. The lowest BCUT2D eigenvalue weighted by Crippen LogP contribution is -2.56. The number of thiophene rings is 1. The van der Waals surface area contributed by atoms with Crippen LogP contribution in [0.1, 0.15) is 54.1 Å². The van der Waals surface area contributed by atoms with E-state index in [-0.39, 0.29) is 5.91 Å². The topological polar surface area (TPSA) is 66.4 Å². The first-order valence-electron chi connectivity index (χ1n) is 7.11. The first kappa shape index (κ1) is 15.0. The summed E-state index contributed by atoms with van der Waals surface area (Å²) in [5.41, 5.74) is -1.08. The summed E-state index contributed by atoms with van der Waals surface area (Å²) < 4.78 is 0. The van der Waals surface area contributed by atoms with Gasteiger partial charge in [-0.15, -0.1) is 11.3 Å². The number of nitrogens with one attached hydrogen (secondary N) is 1. The predicted octanol–water partition coefficient (Wildman–Crippen LogP) is 3.07. The third kappa shape index (κ3) is 3.03. The smallest absolute Gasteiger partial charge is 0.329 e. The zero-order chi connectivity index (χ0) is 14.8. The van der Waals surface area contributed by atoms with Crippen molar-refractivity contribution in [3.8, 4) is 0 Å². The van der Waals surface area contributed by atoms with Gasteiger partial charge in [-0.1, -0.05) is 13.8 Å². The van der Waals surface area contributed by atoms with Crippen molar-refractivity contribution in [3.63, 3.8) is 0 Å². The van der Waals surface area contributed by atoms with Crippen molar-refractivity contribution < 1.29 is 14.7 Å².